The number of ether oxygens (including phenoxy) is 1. The van der Waals surface area contributed by atoms with Crippen LogP contribution in [0.25, 0.3) is 16.9 Å². The fourth-order valence-corrected chi connectivity index (χ4v) is 2.33. The van der Waals surface area contributed by atoms with Gasteiger partial charge in [-0.15, -0.1) is 5.10 Å². The molecule has 0 bridgehead atoms. The van der Waals surface area contributed by atoms with Crippen LogP contribution in [0.2, 0.25) is 0 Å². The molecular formula is C16H14FN5O4. The third kappa shape index (κ3) is 3.48. The quantitative estimate of drug-likeness (QED) is 0.469. The molecule has 0 unspecified atom stereocenters. The average Bonchev–Trinajstić information content (AvgIpc) is 3.03. The van der Waals surface area contributed by atoms with E-state index in [0.717, 1.165) is 4.57 Å². The number of halogens is 1. The lowest BCUT2D eigenvalue weighted by Crippen LogP contribution is -2.26. The van der Waals surface area contributed by atoms with Crippen molar-refractivity contribution >= 4 is 22.9 Å². The van der Waals surface area contributed by atoms with Gasteiger partial charge in [-0.1, -0.05) is 5.21 Å². The van der Waals surface area contributed by atoms with Crippen LogP contribution in [-0.4, -0.2) is 42.9 Å². The first-order valence-corrected chi connectivity index (χ1v) is 7.73. The molecule has 0 fully saturated rings. The van der Waals surface area contributed by atoms with Crippen LogP contribution in [0, 0.1) is 5.82 Å². The summed E-state index contributed by atoms with van der Waals surface area (Å²) in [6.45, 7) is 1.48. The van der Waals surface area contributed by atoms with Crippen LogP contribution in [0.3, 0.4) is 0 Å². The third-order valence-corrected chi connectivity index (χ3v) is 3.49. The van der Waals surface area contributed by atoms with Crippen LogP contribution in [0.5, 0.6) is 0 Å². The largest absolute Gasteiger partial charge is 0.466 e. The lowest BCUT2D eigenvalue weighted by atomic mass is 10.3. The zero-order chi connectivity index (χ0) is 18.7. The number of carbonyl (C=O) groups excluding carboxylic acids is 2. The summed E-state index contributed by atoms with van der Waals surface area (Å²) in [6.07, 6.45) is 0.748. The minimum Gasteiger partial charge on any atom is -0.466 e. The number of rotatable bonds is 6. The highest BCUT2D eigenvalue weighted by atomic mass is 19.1. The van der Waals surface area contributed by atoms with Crippen molar-refractivity contribution in [3.8, 4) is 5.69 Å². The SMILES string of the molecule is CCOC(=O)CC(=O)Cn1cnc2c(nnn2-c2ccc(F)cc2)c1=O. The van der Waals surface area contributed by atoms with E-state index in [0.29, 0.717) is 5.69 Å². The number of aromatic nitrogens is 5. The molecule has 3 rings (SSSR count). The van der Waals surface area contributed by atoms with Gasteiger partial charge in [-0.3, -0.25) is 19.0 Å². The molecule has 0 radical (unpaired) electrons. The molecule has 0 aliphatic rings. The maximum absolute atomic E-state index is 13.0. The van der Waals surface area contributed by atoms with Gasteiger partial charge < -0.3 is 4.74 Å². The summed E-state index contributed by atoms with van der Waals surface area (Å²) in [5, 5.41) is 7.65. The minimum absolute atomic E-state index is 0.0410. The summed E-state index contributed by atoms with van der Waals surface area (Å²) in [6, 6.07) is 5.44. The summed E-state index contributed by atoms with van der Waals surface area (Å²) in [4.78, 5) is 39.8. The van der Waals surface area contributed by atoms with Crippen molar-refractivity contribution in [1.29, 1.82) is 0 Å². The number of Topliss-reactive ketones (excluding diaryl/α,β-unsaturated/α-hetero) is 1. The third-order valence-electron chi connectivity index (χ3n) is 3.49. The van der Waals surface area contributed by atoms with Crippen LogP contribution in [-0.2, 0) is 20.9 Å². The maximum Gasteiger partial charge on any atom is 0.313 e. The molecule has 0 atom stereocenters. The van der Waals surface area contributed by atoms with Gasteiger partial charge in [0.25, 0.3) is 5.56 Å². The first-order chi connectivity index (χ1) is 12.5. The van der Waals surface area contributed by atoms with Crippen molar-refractivity contribution in [3.05, 3.63) is 46.8 Å². The average molecular weight is 359 g/mol. The molecule has 0 aliphatic carbocycles. The Balaban J connectivity index is 1.88. The number of hydrogen-bond acceptors (Lipinski definition) is 7. The molecule has 0 N–H and O–H groups in total. The highest BCUT2D eigenvalue weighted by Gasteiger charge is 2.16. The van der Waals surface area contributed by atoms with Gasteiger partial charge in [-0.05, 0) is 31.2 Å². The molecule has 0 amide bonds. The summed E-state index contributed by atoms with van der Waals surface area (Å²) >= 11 is 0. The zero-order valence-corrected chi connectivity index (χ0v) is 13.8. The van der Waals surface area contributed by atoms with E-state index in [-0.39, 0.29) is 24.3 Å². The lowest BCUT2D eigenvalue weighted by Gasteiger charge is -2.05. The van der Waals surface area contributed by atoms with E-state index in [1.54, 1.807) is 6.92 Å². The molecule has 10 heteroatoms. The van der Waals surface area contributed by atoms with Crippen molar-refractivity contribution in [3.63, 3.8) is 0 Å². The van der Waals surface area contributed by atoms with Crippen LogP contribution in [0.4, 0.5) is 4.39 Å². The fraction of sp³-hybridized carbons (Fsp3) is 0.250. The summed E-state index contributed by atoms with van der Waals surface area (Å²) in [7, 11) is 0. The Labute approximate surface area is 146 Å². The Morgan fingerprint density at radius 3 is 2.65 bits per heavy atom. The van der Waals surface area contributed by atoms with Crippen molar-refractivity contribution < 1.29 is 18.7 Å². The molecule has 0 saturated heterocycles. The standard InChI is InChI=1S/C16H14FN5O4/c1-2-26-13(24)7-12(23)8-21-9-18-15-14(16(21)25)19-20-22(15)11-5-3-10(17)4-6-11/h3-6,9H,2,7-8H2,1H3. The van der Waals surface area contributed by atoms with E-state index in [4.69, 9.17) is 4.74 Å². The molecule has 0 aliphatic heterocycles. The van der Waals surface area contributed by atoms with Gasteiger partial charge in [0.1, 0.15) is 18.6 Å². The van der Waals surface area contributed by atoms with E-state index in [2.05, 4.69) is 15.3 Å². The molecular weight excluding hydrogens is 345 g/mol. The topological polar surface area (TPSA) is 109 Å². The smallest absolute Gasteiger partial charge is 0.313 e. The van der Waals surface area contributed by atoms with Gasteiger partial charge in [-0.2, -0.15) is 4.68 Å². The fourth-order valence-electron chi connectivity index (χ4n) is 2.33. The number of carbonyl (C=O) groups is 2. The second-order valence-electron chi connectivity index (χ2n) is 5.35. The van der Waals surface area contributed by atoms with Crippen LogP contribution in [0.1, 0.15) is 13.3 Å². The van der Waals surface area contributed by atoms with Crippen LogP contribution in [0.15, 0.2) is 35.4 Å². The molecule has 3 aromatic rings. The molecule has 0 saturated carbocycles. The summed E-state index contributed by atoms with van der Waals surface area (Å²) in [5.74, 6) is -1.55. The number of ketones is 1. The Bertz CT molecular complexity index is 1030. The summed E-state index contributed by atoms with van der Waals surface area (Å²) < 4.78 is 20.1. The van der Waals surface area contributed by atoms with Crippen LogP contribution >= 0.6 is 0 Å². The Kier molecular flexibility index (Phi) is 4.83. The lowest BCUT2D eigenvalue weighted by molar-refractivity contribution is -0.145. The maximum atomic E-state index is 13.0. The van der Waals surface area contributed by atoms with E-state index >= 15 is 0 Å². The molecule has 2 heterocycles. The van der Waals surface area contributed by atoms with E-state index in [9.17, 15) is 18.8 Å². The highest BCUT2D eigenvalue weighted by molar-refractivity contribution is 5.95. The first-order valence-electron chi connectivity index (χ1n) is 7.73. The molecule has 9 nitrogen and oxygen atoms in total. The predicted octanol–water partition coefficient (Wildman–Crippen LogP) is 0.639. The predicted molar refractivity (Wildman–Crippen MR) is 87.1 cm³/mol. The molecule has 134 valence electrons. The second kappa shape index (κ2) is 7.21. The van der Waals surface area contributed by atoms with E-state index in [1.807, 2.05) is 0 Å². The number of fused-ring (bicyclic) bond motifs is 1. The van der Waals surface area contributed by atoms with E-state index < -0.39 is 29.5 Å². The van der Waals surface area contributed by atoms with Crippen molar-refractivity contribution in [1.82, 2.24) is 24.5 Å². The Morgan fingerprint density at radius 2 is 1.96 bits per heavy atom. The second-order valence-corrected chi connectivity index (χ2v) is 5.35. The molecule has 2 aromatic heterocycles. The normalized spacial score (nSPS) is 10.8. The van der Waals surface area contributed by atoms with Crippen molar-refractivity contribution in [2.24, 2.45) is 0 Å². The monoisotopic (exact) mass is 359 g/mol. The van der Waals surface area contributed by atoms with E-state index in [1.165, 1.54) is 35.3 Å². The number of esters is 1. The van der Waals surface area contributed by atoms with Crippen LogP contribution < -0.4 is 5.56 Å². The molecule has 0 spiro atoms. The number of hydrogen-bond donors (Lipinski definition) is 0. The minimum atomic E-state index is -0.651. The molecule has 26 heavy (non-hydrogen) atoms. The van der Waals surface area contributed by atoms with Gasteiger partial charge in [-0.25, -0.2) is 9.37 Å². The van der Waals surface area contributed by atoms with Gasteiger partial charge in [0.05, 0.1) is 18.8 Å². The summed E-state index contributed by atoms with van der Waals surface area (Å²) in [5.41, 5.74) is 0.0500. The Hall–Kier alpha value is -3.43. The van der Waals surface area contributed by atoms with Gasteiger partial charge in [0.2, 0.25) is 0 Å². The van der Waals surface area contributed by atoms with Crippen molar-refractivity contribution in [2.75, 3.05) is 6.61 Å². The number of benzene rings is 1. The van der Waals surface area contributed by atoms with Gasteiger partial charge in [0.15, 0.2) is 16.9 Å². The zero-order valence-electron chi connectivity index (χ0n) is 13.8. The first kappa shape index (κ1) is 17.4. The Morgan fingerprint density at radius 1 is 1.23 bits per heavy atom. The highest BCUT2D eigenvalue weighted by Crippen LogP contribution is 2.12. The van der Waals surface area contributed by atoms with Crippen molar-refractivity contribution in [2.45, 2.75) is 19.9 Å². The van der Waals surface area contributed by atoms with Gasteiger partial charge >= 0.3 is 5.97 Å². The number of nitrogens with zero attached hydrogens (tertiary/aromatic N) is 5. The van der Waals surface area contributed by atoms with Gasteiger partial charge in [0, 0.05) is 0 Å². The molecule has 1 aromatic carbocycles.